The lowest BCUT2D eigenvalue weighted by Crippen LogP contribution is -2.23. The summed E-state index contributed by atoms with van der Waals surface area (Å²) in [5, 5.41) is 3.46. The number of nitrogens with one attached hydrogen (secondary N) is 1. The normalized spacial score (nSPS) is 11.8. The molecule has 0 saturated heterocycles. The smallest absolute Gasteiger partial charge is 0.251 e. The Morgan fingerprint density at radius 1 is 1.00 bits per heavy atom. The highest BCUT2D eigenvalue weighted by Gasteiger charge is 2.15. The number of carbonyl (C=O) groups excluding carboxylic acids is 1. The van der Waals surface area contributed by atoms with Crippen LogP contribution < -0.4 is 24.3 Å². The molecule has 0 aliphatic carbocycles. The second-order valence-electron chi connectivity index (χ2n) is 6.84. The summed E-state index contributed by atoms with van der Waals surface area (Å²) in [5.74, 6) is 2.45. The number of carbonyl (C=O) groups is 1. The van der Waals surface area contributed by atoms with Crippen molar-refractivity contribution in [1.82, 2.24) is 5.32 Å². The number of halogens is 1. The van der Waals surface area contributed by atoms with E-state index >= 15 is 0 Å². The Hall–Kier alpha value is -3.38. The Bertz CT molecular complexity index is 1090. The van der Waals surface area contributed by atoms with Crippen molar-refractivity contribution >= 4 is 17.5 Å². The van der Waals surface area contributed by atoms with Crippen molar-refractivity contribution in [3.05, 3.63) is 82.4 Å². The van der Waals surface area contributed by atoms with Gasteiger partial charge in [0.25, 0.3) is 5.91 Å². The summed E-state index contributed by atoms with van der Waals surface area (Å²) >= 11 is 6.17. The van der Waals surface area contributed by atoms with Crippen LogP contribution in [0.3, 0.4) is 0 Å². The third-order valence-electron chi connectivity index (χ3n) is 4.73. The molecule has 6 nitrogen and oxygen atoms in total. The number of rotatable bonds is 8. The number of amides is 1. The highest BCUT2D eigenvalue weighted by Crippen LogP contribution is 2.32. The maximum Gasteiger partial charge on any atom is 0.251 e. The van der Waals surface area contributed by atoms with Crippen LogP contribution in [0.1, 0.15) is 28.4 Å². The zero-order valence-corrected chi connectivity index (χ0v) is 17.8. The van der Waals surface area contributed by atoms with Gasteiger partial charge < -0.3 is 24.3 Å². The number of para-hydroxylation sites is 1. The first kappa shape index (κ1) is 20.9. The number of ether oxygens (including phenoxy) is 4. The van der Waals surface area contributed by atoms with E-state index in [4.69, 9.17) is 30.5 Å². The molecule has 1 N–H and O–H groups in total. The molecule has 3 aromatic carbocycles. The summed E-state index contributed by atoms with van der Waals surface area (Å²) in [7, 11) is 0. The third-order valence-corrected chi connectivity index (χ3v) is 5.04. The van der Waals surface area contributed by atoms with E-state index in [0.717, 1.165) is 11.1 Å². The molecule has 0 aromatic heterocycles. The van der Waals surface area contributed by atoms with Crippen LogP contribution in [0.25, 0.3) is 0 Å². The molecule has 3 aromatic rings. The predicted octanol–water partition coefficient (Wildman–Crippen LogP) is 4.98. The summed E-state index contributed by atoms with van der Waals surface area (Å²) in [4.78, 5) is 12.7. The van der Waals surface area contributed by atoms with Crippen molar-refractivity contribution in [1.29, 1.82) is 0 Å². The fourth-order valence-electron chi connectivity index (χ4n) is 3.18. The standard InChI is InChI=1S/C24H22ClNO5/c1-2-28-20-10-8-17(12-18(20)14-29-21-6-4-3-5-19(21)25)24(27)26-13-16-7-9-22-23(11-16)31-15-30-22/h3-12H,2,13-15H2,1H3,(H,26,27). The van der Waals surface area contributed by atoms with Crippen LogP contribution in [0.2, 0.25) is 5.02 Å². The monoisotopic (exact) mass is 439 g/mol. The molecular formula is C24H22ClNO5. The fraction of sp³-hybridized carbons (Fsp3) is 0.208. The lowest BCUT2D eigenvalue weighted by atomic mass is 10.1. The number of fused-ring (bicyclic) bond motifs is 1. The SMILES string of the molecule is CCOc1ccc(C(=O)NCc2ccc3c(c2)OCO3)cc1COc1ccccc1Cl. The highest BCUT2D eigenvalue weighted by atomic mass is 35.5. The molecule has 0 unspecified atom stereocenters. The minimum Gasteiger partial charge on any atom is -0.493 e. The molecule has 1 heterocycles. The van der Waals surface area contributed by atoms with Gasteiger partial charge in [-0.3, -0.25) is 4.79 Å². The number of hydrogen-bond acceptors (Lipinski definition) is 5. The van der Waals surface area contributed by atoms with Gasteiger partial charge in [0.15, 0.2) is 11.5 Å². The first-order valence-corrected chi connectivity index (χ1v) is 10.3. The summed E-state index contributed by atoms with van der Waals surface area (Å²) in [5.41, 5.74) is 2.20. The van der Waals surface area contributed by atoms with E-state index in [2.05, 4.69) is 5.32 Å². The minimum absolute atomic E-state index is 0.195. The molecule has 0 atom stereocenters. The van der Waals surface area contributed by atoms with Gasteiger partial charge in [0.05, 0.1) is 11.6 Å². The lowest BCUT2D eigenvalue weighted by molar-refractivity contribution is 0.0950. The van der Waals surface area contributed by atoms with Crippen LogP contribution in [-0.4, -0.2) is 19.3 Å². The van der Waals surface area contributed by atoms with Crippen LogP contribution in [0, 0.1) is 0 Å². The Morgan fingerprint density at radius 2 is 1.84 bits per heavy atom. The average molecular weight is 440 g/mol. The summed E-state index contributed by atoms with van der Waals surface area (Å²) in [6.07, 6.45) is 0. The van der Waals surface area contributed by atoms with Gasteiger partial charge in [-0.1, -0.05) is 29.8 Å². The molecular weight excluding hydrogens is 418 g/mol. The van der Waals surface area contributed by atoms with Crippen LogP contribution in [-0.2, 0) is 13.2 Å². The molecule has 1 aliphatic heterocycles. The summed E-state index contributed by atoms with van der Waals surface area (Å²) in [6, 6.07) is 18.1. The lowest BCUT2D eigenvalue weighted by Gasteiger charge is -2.14. The van der Waals surface area contributed by atoms with Crippen molar-refractivity contribution in [2.75, 3.05) is 13.4 Å². The highest BCUT2D eigenvalue weighted by molar-refractivity contribution is 6.32. The fourth-order valence-corrected chi connectivity index (χ4v) is 3.37. The quantitative estimate of drug-likeness (QED) is 0.536. The molecule has 4 rings (SSSR count). The average Bonchev–Trinajstić information content (AvgIpc) is 3.26. The second kappa shape index (κ2) is 9.62. The summed E-state index contributed by atoms with van der Waals surface area (Å²) < 4.78 is 22.2. The van der Waals surface area contributed by atoms with Gasteiger partial charge in [0, 0.05) is 17.7 Å². The first-order valence-electron chi connectivity index (χ1n) is 9.94. The molecule has 160 valence electrons. The maximum absolute atomic E-state index is 12.7. The minimum atomic E-state index is -0.195. The molecule has 0 fully saturated rings. The Balaban J connectivity index is 1.45. The number of benzene rings is 3. The molecule has 0 radical (unpaired) electrons. The van der Waals surface area contributed by atoms with E-state index in [0.29, 0.717) is 46.7 Å². The van der Waals surface area contributed by atoms with Gasteiger partial charge in [-0.05, 0) is 55.0 Å². The van der Waals surface area contributed by atoms with E-state index in [1.54, 1.807) is 30.3 Å². The van der Waals surface area contributed by atoms with E-state index in [1.807, 2.05) is 37.3 Å². The van der Waals surface area contributed by atoms with Crippen LogP contribution >= 0.6 is 11.6 Å². The molecule has 1 amide bonds. The number of hydrogen-bond donors (Lipinski definition) is 1. The molecule has 7 heteroatoms. The Morgan fingerprint density at radius 3 is 2.68 bits per heavy atom. The second-order valence-corrected chi connectivity index (χ2v) is 7.25. The van der Waals surface area contributed by atoms with E-state index in [-0.39, 0.29) is 19.3 Å². The molecule has 0 bridgehead atoms. The van der Waals surface area contributed by atoms with Crippen molar-refractivity contribution in [2.45, 2.75) is 20.1 Å². The van der Waals surface area contributed by atoms with Gasteiger partial charge in [0.2, 0.25) is 6.79 Å². The van der Waals surface area contributed by atoms with E-state index in [1.165, 1.54) is 0 Å². The van der Waals surface area contributed by atoms with Gasteiger partial charge in [-0.25, -0.2) is 0 Å². The zero-order valence-electron chi connectivity index (χ0n) is 17.0. The predicted molar refractivity (Wildman–Crippen MR) is 117 cm³/mol. The molecule has 31 heavy (non-hydrogen) atoms. The molecule has 0 spiro atoms. The van der Waals surface area contributed by atoms with Crippen LogP contribution in [0.4, 0.5) is 0 Å². The van der Waals surface area contributed by atoms with Gasteiger partial charge >= 0.3 is 0 Å². The third kappa shape index (κ3) is 5.03. The van der Waals surface area contributed by atoms with Gasteiger partial charge in [0.1, 0.15) is 18.1 Å². The van der Waals surface area contributed by atoms with Crippen molar-refractivity contribution in [2.24, 2.45) is 0 Å². The summed E-state index contributed by atoms with van der Waals surface area (Å²) in [6.45, 7) is 3.23. The van der Waals surface area contributed by atoms with Crippen molar-refractivity contribution in [3.63, 3.8) is 0 Å². The van der Waals surface area contributed by atoms with E-state index in [9.17, 15) is 4.79 Å². The molecule has 0 saturated carbocycles. The van der Waals surface area contributed by atoms with Crippen molar-refractivity contribution in [3.8, 4) is 23.0 Å². The topological polar surface area (TPSA) is 66.0 Å². The largest absolute Gasteiger partial charge is 0.493 e. The van der Waals surface area contributed by atoms with Crippen molar-refractivity contribution < 1.29 is 23.7 Å². The first-order chi connectivity index (χ1) is 15.1. The van der Waals surface area contributed by atoms with Crippen LogP contribution in [0.15, 0.2) is 60.7 Å². The Labute approximate surface area is 185 Å². The maximum atomic E-state index is 12.7. The van der Waals surface area contributed by atoms with E-state index < -0.39 is 0 Å². The molecule has 1 aliphatic rings. The van der Waals surface area contributed by atoms with Crippen LogP contribution in [0.5, 0.6) is 23.0 Å². The Kier molecular flexibility index (Phi) is 6.48. The van der Waals surface area contributed by atoms with Gasteiger partial charge in [-0.2, -0.15) is 0 Å². The zero-order chi connectivity index (χ0) is 21.6. The van der Waals surface area contributed by atoms with Gasteiger partial charge in [-0.15, -0.1) is 0 Å².